The minimum absolute atomic E-state index is 0.253. The Kier molecular flexibility index (Phi) is 3.87. The Morgan fingerprint density at radius 3 is 2.95 bits per heavy atom. The zero-order chi connectivity index (χ0) is 14.0. The molecule has 0 radical (unpaired) electrons. The lowest BCUT2D eigenvalue weighted by Crippen LogP contribution is -2.39. The van der Waals surface area contributed by atoms with E-state index in [2.05, 4.69) is 5.43 Å². The van der Waals surface area contributed by atoms with Crippen LogP contribution in [0.15, 0.2) is 10.5 Å². The van der Waals surface area contributed by atoms with Crippen LogP contribution in [0.3, 0.4) is 0 Å². The quantitative estimate of drug-likeness (QED) is 0.391. The van der Waals surface area contributed by atoms with E-state index in [0.717, 1.165) is 19.4 Å². The summed E-state index contributed by atoms with van der Waals surface area (Å²) in [6.45, 7) is 2.96. The number of carbonyl (C=O) groups excluding carboxylic acids is 2. The molecule has 104 valence electrons. The van der Waals surface area contributed by atoms with Crippen LogP contribution >= 0.6 is 0 Å². The zero-order valence-electron chi connectivity index (χ0n) is 10.8. The molecular weight excluding hydrogens is 248 g/mol. The zero-order valence-corrected chi connectivity index (χ0v) is 10.8. The van der Waals surface area contributed by atoms with Crippen LogP contribution in [-0.2, 0) is 11.3 Å². The van der Waals surface area contributed by atoms with Crippen LogP contribution in [0.5, 0.6) is 0 Å². The minimum atomic E-state index is -0.389. The third-order valence-electron chi connectivity index (χ3n) is 3.40. The van der Waals surface area contributed by atoms with Gasteiger partial charge in [0, 0.05) is 0 Å². The molecule has 19 heavy (non-hydrogen) atoms. The molecule has 1 fully saturated rings. The maximum absolute atomic E-state index is 11.5. The van der Waals surface area contributed by atoms with Gasteiger partial charge in [-0.05, 0) is 32.4 Å². The summed E-state index contributed by atoms with van der Waals surface area (Å²) in [5, 5.41) is 0. The van der Waals surface area contributed by atoms with Crippen LogP contribution in [0.25, 0.3) is 0 Å². The number of furan rings is 1. The highest BCUT2D eigenvalue weighted by molar-refractivity contribution is 5.94. The van der Waals surface area contributed by atoms with Crippen LogP contribution in [0, 0.1) is 6.92 Å². The van der Waals surface area contributed by atoms with Gasteiger partial charge in [-0.25, -0.2) is 5.84 Å². The Morgan fingerprint density at radius 2 is 2.32 bits per heavy atom. The van der Waals surface area contributed by atoms with Crippen molar-refractivity contribution in [3.63, 3.8) is 0 Å². The molecule has 0 aromatic carbocycles. The van der Waals surface area contributed by atoms with Crippen LogP contribution in [0.2, 0.25) is 0 Å². The molecule has 0 spiro atoms. The van der Waals surface area contributed by atoms with E-state index >= 15 is 0 Å². The number of hydrazine groups is 1. The number of rotatable bonds is 4. The lowest BCUT2D eigenvalue weighted by atomic mass is 10.2. The SMILES string of the molecule is Cc1oc(CN2CCCC2C(N)=O)cc1C(=O)NN. The average Bonchev–Trinajstić information content (AvgIpc) is 2.95. The van der Waals surface area contributed by atoms with Crippen molar-refractivity contribution in [1.82, 2.24) is 10.3 Å². The molecule has 1 unspecified atom stereocenters. The molecule has 1 aliphatic rings. The maximum atomic E-state index is 11.5. The summed E-state index contributed by atoms with van der Waals surface area (Å²) in [5.74, 6) is 5.52. The summed E-state index contributed by atoms with van der Waals surface area (Å²) in [4.78, 5) is 24.7. The Labute approximate surface area is 110 Å². The normalized spacial score (nSPS) is 19.6. The molecule has 2 heterocycles. The number of nitrogens with two attached hydrogens (primary N) is 2. The van der Waals surface area contributed by atoms with Crippen molar-refractivity contribution in [2.45, 2.75) is 32.4 Å². The summed E-state index contributed by atoms with van der Waals surface area (Å²) in [6, 6.07) is 1.39. The van der Waals surface area contributed by atoms with Crippen molar-refractivity contribution >= 4 is 11.8 Å². The molecule has 0 bridgehead atoms. The molecule has 2 rings (SSSR count). The van der Waals surface area contributed by atoms with Crippen molar-refractivity contribution in [2.75, 3.05) is 6.54 Å². The lowest BCUT2D eigenvalue weighted by Gasteiger charge is -2.20. The Hall–Kier alpha value is -1.86. The van der Waals surface area contributed by atoms with Crippen molar-refractivity contribution in [2.24, 2.45) is 11.6 Å². The molecule has 1 saturated heterocycles. The van der Waals surface area contributed by atoms with E-state index in [1.807, 2.05) is 4.90 Å². The van der Waals surface area contributed by atoms with Gasteiger partial charge in [0.1, 0.15) is 11.5 Å². The number of nitrogens with one attached hydrogen (secondary N) is 1. The molecule has 5 N–H and O–H groups in total. The molecule has 1 aliphatic heterocycles. The molecule has 2 amide bonds. The second-order valence-electron chi connectivity index (χ2n) is 4.69. The number of likely N-dealkylation sites (tertiary alicyclic amines) is 1. The molecule has 7 heteroatoms. The van der Waals surface area contributed by atoms with Gasteiger partial charge in [-0.15, -0.1) is 0 Å². The van der Waals surface area contributed by atoms with Gasteiger partial charge < -0.3 is 10.2 Å². The number of hydrogen-bond acceptors (Lipinski definition) is 5. The predicted octanol–water partition coefficient (Wildman–Crippen LogP) is -0.359. The number of nitrogen functional groups attached to an aromatic ring is 1. The first kappa shape index (κ1) is 13.6. The van der Waals surface area contributed by atoms with Gasteiger partial charge >= 0.3 is 0 Å². The van der Waals surface area contributed by atoms with E-state index in [9.17, 15) is 9.59 Å². The number of primary amides is 1. The Bertz CT molecular complexity index is 497. The van der Waals surface area contributed by atoms with E-state index in [-0.39, 0.29) is 17.9 Å². The Morgan fingerprint density at radius 1 is 1.58 bits per heavy atom. The van der Waals surface area contributed by atoms with Crippen molar-refractivity contribution in [3.8, 4) is 0 Å². The topological polar surface area (TPSA) is 115 Å². The summed E-state index contributed by atoms with van der Waals surface area (Å²) >= 11 is 0. The Balaban J connectivity index is 2.11. The van der Waals surface area contributed by atoms with Gasteiger partial charge in [0.05, 0.1) is 18.2 Å². The predicted molar refractivity (Wildman–Crippen MR) is 67.7 cm³/mol. The first-order valence-corrected chi connectivity index (χ1v) is 6.16. The fraction of sp³-hybridized carbons (Fsp3) is 0.500. The summed E-state index contributed by atoms with van der Waals surface area (Å²) in [7, 11) is 0. The highest BCUT2D eigenvalue weighted by Gasteiger charge is 2.30. The summed E-state index contributed by atoms with van der Waals surface area (Å²) < 4.78 is 5.52. The van der Waals surface area contributed by atoms with E-state index in [1.165, 1.54) is 0 Å². The average molecular weight is 266 g/mol. The molecular formula is C12H18N4O3. The van der Waals surface area contributed by atoms with Crippen LogP contribution in [0.4, 0.5) is 0 Å². The second kappa shape index (κ2) is 5.41. The van der Waals surface area contributed by atoms with Gasteiger partial charge in [0.25, 0.3) is 5.91 Å². The minimum Gasteiger partial charge on any atom is -0.464 e. The van der Waals surface area contributed by atoms with Crippen LogP contribution in [0.1, 0.15) is 34.7 Å². The number of hydrogen-bond donors (Lipinski definition) is 3. The monoisotopic (exact) mass is 266 g/mol. The van der Waals surface area contributed by atoms with Gasteiger partial charge in [-0.2, -0.15) is 0 Å². The van der Waals surface area contributed by atoms with Crippen LogP contribution in [-0.4, -0.2) is 29.3 Å². The fourth-order valence-electron chi connectivity index (χ4n) is 2.46. The first-order valence-electron chi connectivity index (χ1n) is 6.16. The third-order valence-corrected chi connectivity index (χ3v) is 3.40. The molecule has 0 saturated carbocycles. The third kappa shape index (κ3) is 2.77. The van der Waals surface area contributed by atoms with E-state index in [0.29, 0.717) is 23.6 Å². The van der Waals surface area contributed by atoms with Crippen molar-refractivity contribution < 1.29 is 14.0 Å². The largest absolute Gasteiger partial charge is 0.464 e. The number of nitrogens with zero attached hydrogens (tertiary/aromatic N) is 1. The number of carbonyl (C=O) groups is 2. The number of amides is 2. The van der Waals surface area contributed by atoms with Crippen molar-refractivity contribution in [1.29, 1.82) is 0 Å². The molecule has 1 aromatic rings. The van der Waals surface area contributed by atoms with E-state index in [4.69, 9.17) is 16.0 Å². The smallest absolute Gasteiger partial charge is 0.268 e. The van der Waals surface area contributed by atoms with Gasteiger partial charge in [-0.1, -0.05) is 0 Å². The van der Waals surface area contributed by atoms with E-state index < -0.39 is 0 Å². The highest BCUT2D eigenvalue weighted by atomic mass is 16.3. The van der Waals surface area contributed by atoms with Crippen molar-refractivity contribution in [3.05, 3.63) is 23.2 Å². The summed E-state index contributed by atoms with van der Waals surface area (Å²) in [6.07, 6.45) is 1.70. The maximum Gasteiger partial charge on any atom is 0.268 e. The standard InChI is InChI=1S/C12H18N4O3/c1-7-9(12(18)15-14)5-8(19-7)6-16-4-2-3-10(16)11(13)17/h5,10H,2-4,6,14H2,1H3,(H2,13,17)(H,15,18). The van der Waals surface area contributed by atoms with Gasteiger partial charge in [0.15, 0.2) is 0 Å². The van der Waals surface area contributed by atoms with Crippen LogP contribution < -0.4 is 17.0 Å². The lowest BCUT2D eigenvalue weighted by molar-refractivity contribution is -0.122. The molecule has 0 aliphatic carbocycles. The fourth-order valence-corrected chi connectivity index (χ4v) is 2.46. The number of aryl methyl sites for hydroxylation is 1. The first-order chi connectivity index (χ1) is 9.02. The second-order valence-corrected chi connectivity index (χ2v) is 4.69. The molecule has 1 atom stereocenters. The summed E-state index contributed by atoms with van der Waals surface area (Å²) in [5.41, 5.74) is 7.83. The van der Waals surface area contributed by atoms with Gasteiger partial charge in [0.2, 0.25) is 5.91 Å². The van der Waals surface area contributed by atoms with E-state index in [1.54, 1.807) is 13.0 Å². The molecule has 1 aromatic heterocycles. The van der Waals surface area contributed by atoms with Gasteiger partial charge in [-0.3, -0.25) is 19.9 Å². The highest BCUT2D eigenvalue weighted by Crippen LogP contribution is 2.22. The molecule has 7 nitrogen and oxygen atoms in total.